The Kier molecular flexibility index (Phi) is 4.40. The van der Waals surface area contributed by atoms with E-state index in [0.29, 0.717) is 31.3 Å². The number of nitrogens with zero attached hydrogens (tertiary/aromatic N) is 2. The summed E-state index contributed by atoms with van der Waals surface area (Å²) in [6, 6.07) is 7.66. The van der Waals surface area contributed by atoms with Crippen LogP contribution in [0.25, 0.3) is 10.8 Å². The van der Waals surface area contributed by atoms with Crippen molar-refractivity contribution in [3.8, 4) is 0 Å². The topological polar surface area (TPSA) is 56.4 Å². The van der Waals surface area contributed by atoms with Gasteiger partial charge in [0.25, 0.3) is 5.56 Å². The molecule has 2 aliphatic rings. The van der Waals surface area contributed by atoms with Gasteiger partial charge in [-0.1, -0.05) is 30.4 Å². The Labute approximate surface area is 146 Å². The van der Waals surface area contributed by atoms with Crippen molar-refractivity contribution in [3.05, 3.63) is 58.0 Å². The Morgan fingerprint density at radius 3 is 2.76 bits per heavy atom. The van der Waals surface area contributed by atoms with Crippen LogP contribution >= 0.6 is 0 Å². The summed E-state index contributed by atoms with van der Waals surface area (Å²) in [7, 11) is 0. The molecule has 5 heteroatoms. The van der Waals surface area contributed by atoms with Crippen molar-refractivity contribution in [2.75, 3.05) is 26.2 Å². The lowest BCUT2D eigenvalue weighted by Gasteiger charge is -2.30. The third-order valence-electron chi connectivity index (χ3n) is 5.24. The Balaban J connectivity index is 1.50. The molecule has 0 fully saturated rings. The maximum absolute atomic E-state index is 12.7. The van der Waals surface area contributed by atoms with E-state index in [1.807, 2.05) is 29.2 Å². The van der Waals surface area contributed by atoms with Crippen LogP contribution in [0, 0.1) is 0 Å². The van der Waals surface area contributed by atoms with Gasteiger partial charge in [0.15, 0.2) is 0 Å². The molecule has 1 amide bonds. The van der Waals surface area contributed by atoms with Gasteiger partial charge in [0, 0.05) is 56.6 Å². The van der Waals surface area contributed by atoms with E-state index < -0.39 is 0 Å². The van der Waals surface area contributed by atoms with Crippen molar-refractivity contribution >= 4 is 16.7 Å². The molecule has 3 heterocycles. The Morgan fingerprint density at radius 2 is 1.96 bits per heavy atom. The number of rotatable bonds is 3. The lowest BCUT2D eigenvalue weighted by molar-refractivity contribution is -0.132. The van der Waals surface area contributed by atoms with Gasteiger partial charge >= 0.3 is 0 Å². The summed E-state index contributed by atoms with van der Waals surface area (Å²) in [6.07, 6.45) is 6.72. The van der Waals surface area contributed by atoms with Gasteiger partial charge in [0.05, 0.1) is 0 Å². The van der Waals surface area contributed by atoms with Gasteiger partial charge < -0.3 is 9.88 Å². The molecule has 0 radical (unpaired) electrons. The summed E-state index contributed by atoms with van der Waals surface area (Å²) in [5, 5.41) is 1.68. The second-order valence-electron chi connectivity index (χ2n) is 6.83. The number of aromatic amines is 1. The summed E-state index contributed by atoms with van der Waals surface area (Å²) in [4.78, 5) is 32.1. The van der Waals surface area contributed by atoms with Gasteiger partial charge in [0.2, 0.25) is 5.91 Å². The molecule has 1 aromatic carbocycles. The number of fused-ring (bicyclic) bond motifs is 3. The molecule has 1 aromatic heterocycles. The highest BCUT2D eigenvalue weighted by molar-refractivity contribution is 5.86. The second kappa shape index (κ2) is 6.84. The molecule has 2 aliphatic heterocycles. The van der Waals surface area contributed by atoms with Crippen LogP contribution in [0.15, 0.2) is 41.2 Å². The van der Waals surface area contributed by atoms with Crippen LogP contribution in [-0.4, -0.2) is 46.9 Å². The van der Waals surface area contributed by atoms with Crippen molar-refractivity contribution < 1.29 is 4.79 Å². The molecule has 1 N–H and O–H groups in total. The number of amides is 1. The van der Waals surface area contributed by atoms with Crippen molar-refractivity contribution in [2.45, 2.75) is 25.8 Å². The minimum absolute atomic E-state index is 0.0349. The average Bonchev–Trinajstić information content (AvgIpc) is 2.67. The zero-order valence-corrected chi connectivity index (χ0v) is 14.3. The number of H-pyrrole nitrogens is 1. The maximum atomic E-state index is 12.7. The quantitative estimate of drug-likeness (QED) is 0.873. The highest BCUT2D eigenvalue weighted by Crippen LogP contribution is 2.24. The molecule has 5 nitrogen and oxygen atoms in total. The minimum atomic E-state index is -0.0349. The fourth-order valence-corrected chi connectivity index (χ4v) is 3.82. The van der Waals surface area contributed by atoms with Crippen LogP contribution in [-0.2, 0) is 17.8 Å². The SMILES string of the molecule is O=C(CCN1CC=CCC1)N1CCc2[nH]c(=O)c3ccccc3c2C1. The summed E-state index contributed by atoms with van der Waals surface area (Å²) >= 11 is 0. The fraction of sp³-hybridized carbons (Fsp3) is 0.400. The van der Waals surface area contributed by atoms with Crippen LogP contribution in [0.5, 0.6) is 0 Å². The molecule has 0 saturated heterocycles. The van der Waals surface area contributed by atoms with Crippen molar-refractivity contribution in [2.24, 2.45) is 0 Å². The third-order valence-corrected chi connectivity index (χ3v) is 5.24. The maximum Gasteiger partial charge on any atom is 0.256 e. The summed E-state index contributed by atoms with van der Waals surface area (Å²) in [5.41, 5.74) is 2.04. The number of carbonyl (C=O) groups excluding carboxylic acids is 1. The first kappa shape index (κ1) is 16.1. The zero-order chi connectivity index (χ0) is 17.2. The van der Waals surface area contributed by atoms with E-state index in [0.717, 1.165) is 42.7 Å². The van der Waals surface area contributed by atoms with E-state index in [-0.39, 0.29) is 11.5 Å². The number of nitrogens with one attached hydrogen (secondary N) is 1. The van der Waals surface area contributed by atoms with E-state index in [2.05, 4.69) is 22.0 Å². The predicted octanol–water partition coefficient (Wildman–Crippen LogP) is 2.06. The Morgan fingerprint density at radius 1 is 1.12 bits per heavy atom. The number of benzene rings is 1. The first-order valence-electron chi connectivity index (χ1n) is 9.00. The van der Waals surface area contributed by atoms with E-state index in [1.54, 1.807) is 0 Å². The standard InChI is InChI=1S/C20H23N3O2/c24-19(9-12-22-10-4-1-5-11-22)23-13-8-18-17(14-23)15-6-2-3-7-16(15)20(25)21-18/h1-4,6-7H,5,8-14H2,(H,21,25). The van der Waals surface area contributed by atoms with Crippen LogP contribution in [0.1, 0.15) is 24.1 Å². The molecule has 0 aliphatic carbocycles. The molecular weight excluding hydrogens is 314 g/mol. The van der Waals surface area contributed by atoms with Crippen LogP contribution in [0.4, 0.5) is 0 Å². The number of carbonyl (C=O) groups is 1. The van der Waals surface area contributed by atoms with Crippen molar-refractivity contribution in [1.82, 2.24) is 14.8 Å². The lowest BCUT2D eigenvalue weighted by atomic mass is 9.98. The molecule has 0 saturated carbocycles. The smallest absolute Gasteiger partial charge is 0.256 e. The van der Waals surface area contributed by atoms with Gasteiger partial charge in [-0.05, 0) is 23.4 Å². The van der Waals surface area contributed by atoms with Crippen molar-refractivity contribution in [1.29, 1.82) is 0 Å². The predicted molar refractivity (Wildman–Crippen MR) is 98.5 cm³/mol. The third kappa shape index (κ3) is 3.24. The van der Waals surface area contributed by atoms with Gasteiger partial charge in [-0.25, -0.2) is 0 Å². The molecule has 0 bridgehead atoms. The van der Waals surface area contributed by atoms with E-state index in [4.69, 9.17) is 0 Å². The first-order valence-corrected chi connectivity index (χ1v) is 9.00. The van der Waals surface area contributed by atoms with E-state index in [9.17, 15) is 9.59 Å². The molecular formula is C20H23N3O2. The number of hydrogen-bond acceptors (Lipinski definition) is 3. The van der Waals surface area contributed by atoms with Crippen LogP contribution < -0.4 is 5.56 Å². The highest BCUT2D eigenvalue weighted by atomic mass is 16.2. The van der Waals surface area contributed by atoms with Crippen LogP contribution in [0.2, 0.25) is 0 Å². The van der Waals surface area contributed by atoms with Gasteiger partial charge in [-0.15, -0.1) is 0 Å². The molecule has 4 rings (SSSR count). The van der Waals surface area contributed by atoms with Crippen LogP contribution in [0.3, 0.4) is 0 Å². The molecule has 0 spiro atoms. The summed E-state index contributed by atoms with van der Waals surface area (Å²) < 4.78 is 0. The van der Waals surface area contributed by atoms with Gasteiger partial charge in [0.1, 0.15) is 0 Å². The Hall–Kier alpha value is -2.40. The lowest BCUT2D eigenvalue weighted by Crippen LogP contribution is -2.39. The fourth-order valence-electron chi connectivity index (χ4n) is 3.82. The molecule has 0 atom stereocenters. The summed E-state index contributed by atoms with van der Waals surface area (Å²) in [5.74, 6) is 0.204. The number of aromatic nitrogens is 1. The first-order chi connectivity index (χ1) is 12.2. The second-order valence-corrected chi connectivity index (χ2v) is 6.83. The van der Waals surface area contributed by atoms with Gasteiger partial charge in [-0.2, -0.15) is 0 Å². The van der Waals surface area contributed by atoms with Gasteiger partial charge in [-0.3, -0.25) is 14.5 Å². The molecule has 0 unspecified atom stereocenters. The monoisotopic (exact) mass is 337 g/mol. The minimum Gasteiger partial charge on any atom is -0.338 e. The van der Waals surface area contributed by atoms with E-state index in [1.165, 1.54) is 0 Å². The molecule has 25 heavy (non-hydrogen) atoms. The van der Waals surface area contributed by atoms with E-state index >= 15 is 0 Å². The zero-order valence-electron chi connectivity index (χ0n) is 14.3. The molecule has 2 aromatic rings. The number of hydrogen-bond donors (Lipinski definition) is 1. The normalized spacial score (nSPS) is 17.7. The summed E-state index contributed by atoms with van der Waals surface area (Å²) in [6.45, 7) is 4.07. The molecule has 130 valence electrons. The largest absolute Gasteiger partial charge is 0.338 e. The number of pyridine rings is 1. The Bertz CT molecular complexity index is 884. The average molecular weight is 337 g/mol. The van der Waals surface area contributed by atoms with Crippen molar-refractivity contribution in [3.63, 3.8) is 0 Å². The highest BCUT2D eigenvalue weighted by Gasteiger charge is 2.23.